The Bertz CT molecular complexity index is 428. The summed E-state index contributed by atoms with van der Waals surface area (Å²) in [6.07, 6.45) is 6.86. The fourth-order valence-electron chi connectivity index (χ4n) is 3.72. The first kappa shape index (κ1) is 12.5. The van der Waals surface area contributed by atoms with Crippen LogP contribution in [-0.2, 0) is 0 Å². The predicted molar refractivity (Wildman–Crippen MR) is 76.9 cm³/mol. The van der Waals surface area contributed by atoms with E-state index in [2.05, 4.69) is 34.4 Å². The van der Waals surface area contributed by atoms with E-state index in [9.17, 15) is 0 Å². The van der Waals surface area contributed by atoms with Crippen molar-refractivity contribution in [2.24, 2.45) is 5.41 Å². The molecule has 0 aromatic heterocycles. The van der Waals surface area contributed by atoms with Crippen LogP contribution in [0.1, 0.15) is 32.1 Å². The first-order valence-electron chi connectivity index (χ1n) is 6.85. The summed E-state index contributed by atoms with van der Waals surface area (Å²) in [4.78, 5) is 0. The molecule has 2 aliphatic carbocycles. The van der Waals surface area contributed by atoms with Crippen molar-refractivity contribution in [2.45, 2.75) is 44.2 Å². The van der Waals surface area contributed by atoms with Crippen LogP contribution < -0.4 is 10.1 Å². The molecule has 2 nitrogen and oxygen atoms in total. The molecule has 1 aromatic carbocycles. The highest BCUT2D eigenvalue weighted by Gasteiger charge is 2.57. The molecule has 0 radical (unpaired) electrons. The molecule has 98 valence electrons. The first-order chi connectivity index (χ1) is 8.76. The van der Waals surface area contributed by atoms with Gasteiger partial charge < -0.3 is 10.1 Å². The second-order valence-corrected chi connectivity index (χ2v) is 6.41. The van der Waals surface area contributed by atoms with Gasteiger partial charge in [-0.15, -0.1) is 0 Å². The van der Waals surface area contributed by atoms with Crippen molar-refractivity contribution in [3.8, 4) is 5.75 Å². The van der Waals surface area contributed by atoms with E-state index >= 15 is 0 Å². The fraction of sp³-hybridized carbons (Fsp3) is 0.600. The lowest BCUT2D eigenvalue weighted by Crippen LogP contribution is -2.63. The first-order valence-corrected chi connectivity index (χ1v) is 7.64. The summed E-state index contributed by atoms with van der Waals surface area (Å²) < 4.78 is 7.33. The Kier molecular flexibility index (Phi) is 3.37. The average molecular weight is 310 g/mol. The van der Waals surface area contributed by atoms with Gasteiger partial charge in [0, 0.05) is 17.9 Å². The van der Waals surface area contributed by atoms with E-state index in [-0.39, 0.29) is 0 Å². The van der Waals surface area contributed by atoms with Gasteiger partial charge in [-0.05, 0) is 48.0 Å². The van der Waals surface area contributed by atoms with E-state index in [1.54, 1.807) is 0 Å². The highest BCUT2D eigenvalue weighted by atomic mass is 79.9. The molecular formula is C15H20BrNO. The van der Waals surface area contributed by atoms with Crippen molar-refractivity contribution in [2.75, 3.05) is 7.05 Å². The smallest absolute Gasteiger partial charge is 0.133 e. The van der Waals surface area contributed by atoms with Gasteiger partial charge in [0.25, 0.3) is 0 Å². The monoisotopic (exact) mass is 309 g/mol. The van der Waals surface area contributed by atoms with Crippen molar-refractivity contribution in [3.63, 3.8) is 0 Å². The third-order valence-electron chi connectivity index (χ3n) is 4.77. The van der Waals surface area contributed by atoms with Gasteiger partial charge in [0.15, 0.2) is 0 Å². The van der Waals surface area contributed by atoms with Crippen LogP contribution in [0.4, 0.5) is 0 Å². The Morgan fingerprint density at radius 3 is 2.67 bits per heavy atom. The molecule has 0 amide bonds. The second kappa shape index (κ2) is 4.86. The van der Waals surface area contributed by atoms with Crippen LogP contribution in [0.5, 0.6) is 5.75 Å². The molecule has 0 saturated heterocycles. The Morgan fingerprint density at radius 2 is 2.00 bits per heavy atom. The number of benzene rings is 1. The molecule has 3 heteroatoms. The summed E-state index contributed by atoms with van der Waals surface area (Å²) in [7, 11) is 2.08. The number of halogens is 1. The van der Waals surface area contributed by atoms with Gasteiger partial charge >= 0.3 is 0 Å². The zero-order chi connectivity index (χ0) is 12.6. The minimum Gasteiger partial charge on any atom is -0.489 e. The molecule has 3 rings (SSSR count). The molecular weight excluding hydrogens is 290 g/mol. The van der Waals surface area contributed by atoms with E-state index < -0.39 is 0 Å². The lowest BCUT2D eigenvalue weighted by Gasteiger charge is -2.53. The summed E-state index contributed by atoms with van der Waals surface area (Å²) in [6.45, 7) is 0. The third-order valence-corrected chi connectivity index (χ3v) is 5.43. The van der Waals surface area contributed by atoms with Crippen LogP contribution in [0.15, 0.2) is 28.7 Å². The maximum Gasteiger partial charge on any atom is 0.133 e. The number of hydrogen-bond donors (Lipinski definition) is 1. The standard InChI is InChI=1S/C15H20BrNO/c1-17-13-10-14(15(13)8-4-5-9-15)18-12-7-3-2-6-11(12)16/h2-3,6-7,13-14,17H,4-5,8-10H2,1H3. The minimum atomic E-state index is 0.385. The SMILES string of the molecule is CNC1CC(Oc2ccccc2Br)C12CCCC2. The van der Waals surface area contributed by atoms with Crippen LogP contribution in [-0.4, -0.2) is 19.2 Å². The number of rotatable bonds is 3. The summed E-state index contributed by atoms with van der Waals surface area (Å²) >= 11 is 3.57. The van der Waals surface area contributed by atoms with Gasteiger partial charge in [-0.1, -0.05) is 25.0 Å². The van der Waals surface area contributed by atoms with Gasteiger partial charge in [0.1, 0.15) is 11.9 Å². The van der Waals surface area contributed by atoms with Crippen molar-refractivity contribution >= 4 is 15.9 Å². The van der Waals surface area contributed by atoms with Gasteiger partial charge in [0.05, 0.1) is 4.47 Å². The van der Waals surface area contributed by atoms with Crippen LogP contribution in [0.2, 0.25) is 0 Å². The highest BCUT2D eigenvalue weighted by Crippen LogP contribution is 2.54. The Morgan fingerprint density at radius 1 is 1.28 bits per heavy atom. The quantitative estimate of drug-likeness (QED) is 0.918. The molecule has 2 saturated carbocycles. The summed E-state index contributed by atoms with van der Waals surface area (Å²) in [5, 5.41) is 3.47. The maximum atomic E-state index is 6.26. The van der Waals surface area contributed by atoms with Gasteiger partial charge in [-0.25, -0.2) is 0 Å². The van der Waals surface area contributed by atoms with E-state index in [0.29, 0.717) is 17.6 Å². The van der Waals surface area contributed by atoms with Crippen LogP contribution in [0.25, 0.3) is 0 Å². The van der Waals surface area contributed by atoms with Crippen molar-refractivity contribution in [3.05, 3.63) is 28.7 Å². The topological polar surface area (TPSA) is 21.3 Å². The lowest BCUT2D eigenvalue weighted by atomic mass is 9.60. The molecule has 0 bridgehead atoms. The molecule has 2 aliphatic rings. The Balaban J connectivity index is 1.76. The van der Waals surface area contributed by atoms with E-state index in [1.165, 1.54) is 25.7 Å². The molecule has 0 aliphatic heterocycles. The van der Waals surface area contributed by atoms with Crippen LogP contribution >= 0.6 is 15.9 Å². The third kappa shape index (κ3) is 1.88. The number of para-hydroxylation sites is 1. The number of hydrogen-bond acceptors (Lipinski definition) is 2. The number of nitrogens with one attached hydrogen (secondary N) is 1. The van der Waals surface area contributed by atoms with E-state index in [4.69, 9.17) is 4.74 Å². The zero-order valence-electron chi connectivity index (χ0n) is 10.8. The van der Waals surface area contributed by atoms with Crippen molar-refractivity contribution in [1.29, 1.82) is 0 Å². The van der Waals surface area contributed by atoms with E-state index in [1.807, 2.05) is 18.2 Å². The maximum absolute atomic E-state index is 6.26. The summed E-state index contributed by atoms with van der Waals surface area (Å²) in [6, 6.07) is 8.81. The van der Waals surface area contributed by atoms with Crippen molar-refractivity contribution < 1.29 is 4.74 Å². The molecule has 18 heavy (non-hydrogen) atoms. The minimum absolute atomic E-state index is 0.385. The van der Waals surface area contributed by atoms with Crippen LogP contribution in [0.3, 0.4) is 0 Å². The van der Waals surface area contributed by atoms with Crippen molar-refractivity contribution in [1.82, 2.24) is 5.32 Å². The molecule has 1 aromatic rings. The lowest BCUT2D eigenvalue weighted by molar-refractivity contribution is -0.0739. The van der Waals surface area contributed by atoms with Gasteiger partial charge in [-0.3, -0.25) is 0 Å². The molecule has 1 N–H and O–H groups in total. The fourth-order valence-corrected chi connectivity index (χ4v) is 4.09. The summed E-state index contributed by atoms with van der Waals surface area (Å²) in [5.74, 6) is 0.989. The van der Waals surface area contributed by atoms with Gasteiger partial charge in [0.2, 0.25) is 0 Å². The van der Waals surface area contributed by atoms with Gasteiger partial charge in [-0.2, -0.15) is 0 Å². The average Bonchev–Trinajstić information content (AvgIpc) is 2.88. The summed E-state index contributed by atoms with van der Waals surface area (Å²) in [5.41, 5.74) is 0.393. The second-order valence-electron chi connectivity index (χ2n) is 5.55. The Hall–Kier alpha value is -0.540. The predicted octanol–water partition coefficient (Wildman–Crippen LogP) is 3.75. The molecule has 2 fully saturated rings. The van der Waals surface area contributed by atoms with E-state index in [0.717, 1.165) is 16.6 Å². The Labute approximate surface area is 117 Å². The molecule has 1 spiro atoms. The molecule has 2 atom stereocenters. The number of ether oxygens (including phenoxy) is 1. The normalized spacial score (nSPS) is 29.2. The zero-order valence-corrected chi connectivity index (χ0v) is 12.4. The molecule has 2 unspecified atom stereocenters. The molecule has 0 heterocycles. The van der Waals surface area contributed by atoms with Crippen LogP contribution in [0, 0.1) is 5.41 Å². The highest BCUT2D eigenvalue weighted by molar-refractivity contribution is 9.10. The largest absolute Gasteiger partial charge is 0.489 e.